The number of ether oxygens (including phenoxy) is 1. The van der Waals surface area contributed by atoms with Crippen LogP contribution >= 0.6 is 22.6 Å². The number of hydrogen-bond acceptors (Lipinski definition) is 2. The van der Waals surface area contributed by atoms with Gasteiger partial charge in [-0.15, -0.1) is 0 Å². The van der Waals surface area contributed by atoms with Crippen LogP contribution in [0.1, 0.15) is 19.4 Å². The van der Waals surface area contributed by atoms with Crippen molar-refractivity contribution in [1.29, 1.82) is 0 Å². The Balaban J connectivity index is 2.46. The Bertz CT molecular complexity index is 297. The number of hydrogen-bond donors (Lipinski definition) is 1. The van der Waals surface area contributed by atoms with Gasteiger partial charge in [0, 0.05) is 9.61 Å². The van der Waals surface area contributed by atoms with Crippen LogP contribution in [0.3, 0.4) is 0 Å². The highest BCUT2D eigenvalue weighted by molar-refractivity contribution is 14.1. The number of halogens is 1. The molecule has 1 rings (SSSR count). The van der Waals surface area contributed by atoms with E-state index in [2.05, 4.69) is 66.0 Å². The van der Waals surface area contributed by atoms with Crippen molar-refractivity contribution in [2.45, 2.75) is 32.4 Å². The van der Waals surface area contributed by atoms with Crippen LogP contribution in [0.2, 0.25) is 0 Å². The van der Waals surface area contributed by atoms with Gasteiger partial charge in [0.1, 0.15) is 0 Å². The average molecular weight is 333 g/mol. The highest BCUT2D eigenvalue weighted by Crippen LogP contribution is 2.09. The number of benzene rings is 1. The van der Waals surface area contributed by atoms with E-state index in [-0.39, 0.29) is 0 Å². The van der Waals surface area contributed by atoms with Gasteiger partial charge in [0.05, 0.1) is 12.7 Å². The molecule has 0 saturated carbocycles. The van der Waals surface area contributed by atoms with Gasteiger partial charge in [0.25, 0.3) is 0 Å². The lowest BCUT2D eigenvalue weighted by molar-refractivity contribution is 0.0628. The van der Waals surface area contributed by atoms with Crippen LogP contribution in [0.5, 0.6) is 0 Å². The summed E-state index contributed by atoms with van der Waals surface area (Å²) < 4.78 is 6.91. The van der Waals surface area contributed by atoms with Crippen molar-refractivity contribution in [3.8, 4) is 0 Å². The standard InChI is InChI=1S/C13H20INO/c1-10(2)16-9-13(15-3)8-11-4-6-12(14)7-5-11/h4-7,10,13,15H,8-9H2,1-3H3. The first-order chi connectivity index (χ1) is 7.61. The molecule has 1 aromatic rings. The second-order valence-electron chi connectivity index (χ2n) is 4.20. The summed E-state index contributed by atoms with van der Waals surface area (Å²) in [5, 5.41) is 3.29. The molecule has 0 spiro atoms. The van der Waals surface area contributed by atoms with E-state index in [4.69, 9.17) is 4.74 Å². The Morgan fingerprint density at radius 3 is 2.38 bits per heavy atom. The first kappa shape index (κ1) is 13.9. The van der Waals surface area contributed by atoms with Gasteiger partial charge in [0.15, 0.2) is 0 Å². The molecule has 1 N–H and O–H groups in total. The minimum Gasteiger partial charge on any atom is -0.377 e. The zero-order valence-corrected chi connectivity index (χ0v) is 12.3. The molecule has 0 bridgehead atoms. The zero-order chi connectivity index (χ0) is 12.0. The van der Waals surface area contributed by atoms with Crippen LogP contribution in [0.25, 0.3) is 0 Å². The number of likely N-dealkylation sites (N-methyl/N-ethyl adjacent to an activating group) is 1. The van der Waals surface area contributed by atoms with Crippen LogP contribution in [-0.2, 0) is 11.2 Å². The van der Waals surface area contributed by atoms with Crippen LogP contribution < -0.4 is 5.32 Å². The molecular weight excluding hydrogens is 313 g/mol. The Hall–Kier alpha value is -0.130. The molecule has 0 aliphatic carbocycles. The van der Waals surface area contributed by atoms with Crippen molar-refractivity contribution >= 4 is 22.6 Å². The molecular formula is C13H20INO. The summed E-state index contributed by atoms with van der Waals surface area (Å²) >= 11 is 2.32. The minimum atomic E-state index is 0.299. The van der Waals surface area contributed by atoms with Crippen LogP contribution in [-0.4, -0.2) is 25.8 Å². The Morgan fingerprint density at radius 2 is 1.88 bits per heavy atom. The van der Waals surface area contributed by atoms with Crippen LogP contribution in [0.4, 0.5) is 0 Å². The van der Waals surface area contributed by atoms with Crippen molar-refractivity contribution in [3.05, 3.63) is 33.4 Å². The lowest BCUT2D eigenvalue weighted by Crippen LogP contribution is -2.33. The third kappa shape index (κ3) is 5.27. The first-order valence-corrected chi connectivity index (χ1v) is 6.73. The normalized spacial score (nSPS) is 13.1. The average Bonchev–Trinajstić information content (AvgIpc) is 2.26. The Morgan fingerprint density at radius 1 is 1.25 bits per heavy atom. The fourth-order valence-electron chi connectivity index (χ4n) is 1.46. The second kappa shape index (κ2) is 7.25. The smallest absolute Gasteiger partial charge is 0.0626 e. The fraction of sp³-hybridized carbons (Fsp3) is 0.538. The molecule has 0 aliphatic heterocycles. The van der Waals surface area contributed by atoms with E-state index in [1.54, 1.807) is 0 Å². The van der Waals surface area contributed by atoms with Crippen molar-refractivity contribution in [3.63, 3.8) is 0 Å². The summed E-state index contributed by atoms with van der Waals surface area (Å²) in [6, 6.07) is 9.04. The molecule has 3 heteroatoms. The van der Waals surface area contributed by atoms with Crippen molar-refractivity contribution in [2.75, 3.05) is 13.7 Å². The molecule has 0 fully saturated rings. The van der Waals surface area contributed by atoms with E-state index >= 15 is 0 Å². The SMILES string of the molecule is CNC(COC(C)C)Cc1ccc(I)cc1. The molecule has 1 atom stereocenters. The highest BCUT2D eigenvalue weighted by atomic mass is 127. The van der Waals surface area contributed by atoms with Gasteiger partial charge in [-0.3, -0.25) is 0 Å². The topological polar surface area (TPSA) is 21.3 Å². The van der Waals surface area contributed by atoms with E-state index in [0.29, 0.717) is 12.1 Å². The molecule has 0 heterocycles. The highest BCUT2D eigenvalue weighted by Gasteiger charge is 2.08. The lowest BCUT2D eigenvalue weighted by Gasteiger charge is -2.18. The molecule has 16 heavy (non-hydrogen) atoms. The molecule has 1 aromatic carbocycles. The maximum absolute atomic E-state index is 5.63. The van der Waals surface area contributed by atoms with Crippen LogP contribution in [0.15, 0.2) is 24.3 Å². The summed E-state index contributed by atoms with van der Waals surface area (Å²) in [7, 11) is 1.99. The molecule has 0 amide bonds. The molecule has 1 unspecified atom stereocenters. The van der Waals surface area contributed by atoms with Crippen molar-refractivity contribution in [2.24, 2.45) is 0 Å². The summed E-state index contributed by atoms with van der Waals surface area (Å²) in [5.74, 6) is 0. The molecule has 2 nitrogen and oxygen atoms in total. The molecule has 0 aromatic heterocycles. The monoisotopic (exact) mass is 333 g/mol. The molecule has 0 aliphatic rings. The predicted octanol–water partition coefficient (Wildman–Crippen LogP) is 2.85. The number of rotatable bonds is 6. The molecule has 90 valence electrons. The number of nitrogens with one attached hydrogen (secondary N) is 1. The third-order valence-corrected chi connectivity index (χ3v) is 3.15. The van der Waals surface area contributed by atoms with E-state index in [9.17, 15) is 0 Å². The predicted molar refractivity (Wildman–Crippen MR) is 76.8 cm³/mol. The van der Waals surface area contributed by atoms with Gasteiger partial charge in [-0.25, -0.2) is 0 Å². The van der Waals surface area contributed by atoms with Crippen LogP contribution in [0, 0.1) is 3.57 Å². The van der Waals surface area contributed by atoms with E-state index in [1.807, 2.05) is 7.05 Å². The molecule has 0 saturated heterocycles. The zero-order valence-electron chi connectivity index (χ0n) is 10.2. The van der Waals surface area contributed by atoms with Crippen molar-refractivity contribution in [1.82, 2.24) is 5.32 Å². The Labute approximate surface area is 112 Å². The fourth-order valence-corrected chi connectivity index (χ4v) is 1.82. The largest absolute Gasteiger partial charge is 0.377 e. The van der Waals surface area contributed by atoms with Gasteiger partial charge < -0.3 is 10.1 Å². The summed E-state index contributed by atoms with van der Waals surface area (Å²) in [6.07, 6.45) is 1.31. The van der Waals surface area contributed by atoms with E-state index in [0.717, 1.165) is 13.0 Å². The molecule has 0 radical (unpaired) electrons. The van der Waals surface area contributed by atoms with Gasteiger partial charge in [-0.1, -0.05) is 12.1 Å². The minimum absolute atomic E-state index is 0.299. The third-order valence-electron chi connectivity index (χ3n) is 2.43. The Kier molecular flexibility index (Phi) is 6.31. The van der Waals surface area contributed by atoms with Gasteiger partial charge >= 0.3 is 0 Å². The van der Waals surface area contributed by atoms with Crippen molar-refractivity contribution < 1.29 is 4.74 Å². The maximum atomic E-state index is 5.63. The second-order valence-corrected chi connectivity index (χ2v) is 5.44. The van der Waals surface area contributed by atoms with E-state index in [1.165, 1.54) is 9.13 Å². The van der Waals surface area contributed by atoms with Gasteiger partial charge in [-0.05, 0) is 67.6 Å². The summed E-state index contributed by atoms with van der Waals surface area (Å²) in [4.78, 5) is 0. The lowest BCUT2D eigenvalue weighted by atomic mass is 10.1. The maximum Gasteiger partial charge on any atom is 0.0626 e. The van der Waals surface area contributed by atoms with Gasteiger partial charge in [-0.2, -0.15) is 0 Å². The quantitative estimate of drug-likeness (QED) is 0.809. The first-order valence-electron chi connectivity index (χ1n) is 5.65. The summed E-state index contributed by atoms with van der Waals surface area (Å²) in [6.45, 7) is 4.90. The summed E-state index contributed by atoms with van der Waals surface area (Å²) in [5.41, 5.74) is 1.35. The van der Waals surface area contributed by atoms with Gasteiger partial charge in [0.2, 0.25) is 0 Å². The van der Waals surface area contributed by atoms with E-state index < -0.39 is 0 Å².